The molecule has 0 radical (unpaired) electrons. The van der Waals surface area contributed by atoms with E-state index in [1.807, 2.05) is 24.3 Å². The molecule has 0 saturated carbocycles. The van der Waals surface area contributed by atoms with Crippen LogP contribution in [-0.4, -0.2) is 19.7 Å². The summed E-state index contributed by atoms with van der Waals surface area (Å²) in [6.45, 7) is 0.405. The van der Waals surface area contributed by atoms with Gasteiger partial charge in [-0.2, -0.15) is 0 Å². The van der Waals surface area contributed by atoms with Crippen molar-refractivity contribution in [2.24, 2.45) is 0 Å². The first kappa shape index (κ1) is 15.8. The summed E-state index contributed by atoms with van der Waals surface area (Å²) in [5.41, 5.74) is 1.21. The Bertz CT molecular complexity index is 662. The molecule has 6 heteroatoms. The van der Waals surface area contributed by atoms with Crippen molar-refractivity contribution in [3.8, 4) is 5.75 Å². The van der Waals surface area contributed by atoms with Crippen LogP contribution in [0.15, 0.2) is 42.5 Å². The second-order valence-electron chi connectivity index (χ2n) is 4.61. The summed E-state index contributed by atoms with van der Waals surface area (Å²) in [4.78, 5) is 11.7. The minimum absolute atomic E-state index is 0.192. The number of hydrogen-bond acceptors (Lipinski definition) is 2. The van der Waals surface area contributed by atoms with Gasteiger partial charge in [-0.1, -0.05) is 12.1 Å². The predicted octanol–water partition coefficient (Wildman–Crippen LogP) is 3.34. The number of methoxy groups -OCH3 is 1. The maximum Gasteiger partial charge on any atom is 0.319 e. The van der Waals surface area contributed by atoms with Crippen LogP contribution in [0, 0.1) is 11.6 Å². The molecule has 4 nitrogen and oxygen atoms in total. The zero-order valence-electron chi connectivity index (χ0n) is 12.0. The third kappa shape index (κ3) is 4.44. The Labute approximate surface area is 127 Å². The van der Waals surface area contributed by atoms with E-state index < -0.39 is 17.7 Å². The van der Waals surface area contributed by atoms with Gasteiger partial charge in [-0.25, -0.2) is 13.6 Å². The normalized spacial score (nSPS) is 10.1. The van der Waals surface area contributed by atoms with E-state index in [0.717, 1.165) is 23.4 Å². The van der Waals surface area contributed by atoms with Gasteiger partial charge >= 0.3 is 6.03 Å². The molecule has 2 amide bonds. The van der Waals surface area contributed by atoms with E-state index in [1.54, 1.807) is 7.11 Å². The van der Waals surface area contributed by atoms with Crippen molar-refractivity contribution in [1.82, 2.24) is 5.32 Å². The van der Waals surface area contributed by atoms with Crippen LogP contribution in [0.5, 0.6) is 5.75 Å². The van der Waals surface area contributed by atoms with Gasteiger partial charge in [-0.15, -0.1) is 0 Å². The lowest BCUT2D eigenvalue weighted by atomic mass is 10.1. The number of ether oxygens (including phenoxy) is 1. The van der Waals surface area contributed by atoms with Crippen LogP contribution in [0.2, 0.25) is 0 Å². The Morgan fingerprint density at radius 3 is 2.68 bits per heavy atom. The summed E-state index contributed by atoms with van der Waals surface area (Å²) in [7, 11) is 1.59. The number of carbonyl (C=O) groups excluding carboxylic acids is 1. The van der Waals surface area contributed by atoms with Crippen LogP contribution in [0.1, 0.15) is 5.56 Å². The van der Waals surface area contributed by atoms with E-state index in [9.17, 15) is 13.6 Å². The second kappa shape index (κ2) is 7.40. The molecule has 116 valence electrons. The molecule has 2 aromatic rings. The Kier molecular flexibility index (Phi) is 5.30. The molecule has 0 aliphatic rings. The Balaban J connectivity index is 1.81. The molecular weight excluding hydrogens is 290 g/mol. The van der Waals surface area contributed by atoms with E-state index in [1.165, 1.54) is 6.07 Å². The molecule has 2 N–H and O–H groups in total. The SMILES string of the molecule is COc1cccc(CCNC(=O)Nc2ccc(F)c(F)c2)c1. The predicted molar refractivity (Wildman–Crippen MR) is 80.1 cm³/mol. The molecule has 0 fully saturated rings. The van der Waals surface area contributed by atoms with E-state index in [0.29, 0.717) is 13.0 Å². The molecule has 0 spiro atoms. The van der Waals surface area contributed by atoms with Gasteiger partial charge in [0.2, 0.25) is 0 Å². The van der Waals surface area contributed by atoms with Crippen LogP contribution < -0.4 is 15.4 Å². The largest absolute Gasteiger partial charge is 0.497 e. The Morgan fingerprint density at radius 2 is 1.95 bits per heavy atom. The molecule has 0 atom stereocenters. The molecule has 0 aliphatic heterocycles. The van der Waals surface area contributed by atoms with E-state index in [4.69, 9.17) is 4.74 Å². The van der Waals surface area contributed by atoms with Crippen molar-refractivity contribution in [2.75, 3.05) is 19.0 Å². The van der Waals surface area contributed by atoms with Crippen LogP contribution in [0.4, 0.5) is 19.3 Å². The molecule has 0 bridgehead atoms. The lowest BCUT2D eigenvalue weighted by Gasteiger charge is -2.08. The van der Waals surface area contributed by atoms with Gasteiger partial charge in [0.15, 0.2) is 11.6 Å². The summed E-state index contributed by atoms with van der Waals surface area (Å²) < 4.78 is 30.9. The highest BCUT2D eigenvalue weighted by Crippen LogP contribution is 2.13. The highest BCUT2D eigenvalue weighted by Gasteiger charge is 2.05. The Hall–Kier alpha value is -2.63. The first-order valence-electron chi connectivity index (χ1n) is 6.71. The fourth-order valence-corrected chi connectivity index (χ4v) is 1.90. The Morgan fingerprint density at radius 1 is 1.14 bits per heavy atom. The fourth-order valence-electron chi connectivity index (χ4n) is 1.90. The molecule has 0 aliphatic carbocycles. The minimum atomic E-state index is -1.01. The quantitative estimate of drug-likeness (QED) is 0.890. The lowest BCUT2D eigenvalue weighted by molar-refractivity contribution is 0.252. The molecule has 0 saturated heterocycles. The zero-order chi connectivity index (χ0) is 15.9. The topological polar surface area (TPSA) is 50.4 Å². The van der Waals surface area contributed by atoms with Crippen molar-refractivity contribution in [3.63, 3.8) is 0 Å². The van der Waals surface area contributed by atoms with Crippen molar-refractivity contribution < 1.29 is 18.3 Å². The number of benzene rings is 2. The molecule has 0 aromatic heterocycles. The van der Waals surface area contributed by atoms with Gasteiger partial charge in [0.1, 0.15) is 5.75 Å². The van der Waals surface area contributed by atoms with Crippen molar-refractivity contribution in [2.45, 2.75) is 6.42 Å². The number of nitrogens with one attached hydrogen (secondary N) is 2. The van der Waals surface area contributed by atoms with Gasteiger partial charge < -0.3 is 15.4 Å². The van der Waals surface area contributed by atoms with Crippen LogP contribution in [-0.2, 0) is 6.42 Å². The molecular formula is C16H16F2N2O2. The maximum absolute atomic E-state index is 13.0. The standard InChI is InChI=1S/C16H16F2N2O2/c1-22-13-4-2-3-11(9-13)7-8-19-16(21)20-12-5-6-14(17)15(18)10-12/h2-6,9-10H,7-8H2,1H3,(H2,19,20,21). The van der Waals surface area contributed by atoms with Crippen LogP contribution in [0.3, 0.4) is 0 Å². The lowest BCUT2D eigenvalue weighted by Crippen LogP contribution is -2.30. The van der Waals surface area contributed by atoms with Crippen molar-refractivity contribution in [3.05, 3.63) is 59.7 Å². The number of carbonyl (C=O) groups is 1. The van der Waals surface area contributed by atoms with Gasteiger partial charge in [-0.05, 0) is 36.2 Å². The molecule has 2 rings (SSSR count). The third-order valence-corrected chi connectivity index (χ3v) is 3.01. The fraction of sp³-hybridized carbons (Fsp3) is 0.188. The third-order valence-electron chi connectivity index (χ3n) is 3.01. The van der Waals surface area contributed by atoms with E-state index >= 15 is 0 Å². The summed E-state index contributed by atoms with van der Waals surface area (Å²) in [5, 5.41) is 5.08. The second-order valence-corrected chi connectivity index (χ2v) is 4.61. The van der Waals surface area contributed by atoms with E-state index in [2.05, 4.69) is 10.6 Å². The summed E-state index contributed by atoms with van der Waals surface area (Å²) >= 11 is 0. The maximum atomic E-state index is 13.0. The number of urea groups is 1. The zero-order valence-corrected chi connectivity index (χ0v) is 12.0. The molecule has 22 heavy (non-hydrogen) atoms. The average Bonchev–Trinajstić information content (AvgIpc) is 2.51. The van der Waals surface area contributed by atoms with Gasteiger partial charge in [0, 0.05) is 18.3 Å². The summed E-state index contributed by atoms with van der Waals surface area (Å²) in [6.07, 6.45) is 0.627. The highest BCUT2D eigenvalue weighted by molar-refractivity contribution is 5.89. The highest BCUT2D eigenvalue weighted by atomic mass is 19.2. The summed E-state index contributed by atoms with van der Waals surface area (Å²) in [5.74, 6) is -1.21. The monoisotopic (exact) mass is 306 g/mol. The number of rotatable bonds is 5. The molecule has 0 unspecified atom stereocenters. The minimum Gasteiger partial charge on any atom is -0.497 e. The average molecular weight is 306 g/mol. The van der Waals surface area contributed by atoms with Crippen molar-refractivity contribution >= 4 is 11.7 Å². The van der Waals surface area contributed by atoms with Gasteiger partial charge in [0.05, 0.1) is 7.11 Å². The molecule has 2 aromatic carbocycles. The first-order chi connectivity index (χ1) is 10.6. The van der Waals surface area contributed by atoms with Crippen molar-refractivity contribution in [1.29, 1.82) is 0 Å². The number of hydrogen-bond donors (Lipinski definition) is 2. The van der Waals surface area contributed by atoms with Gasteiger partial charge in [-0.3, -0.25) is 0 Å². The smallest absolute Gasteiger partial charge is 0.319 e. The summed E-state index contributed by atoms with van der Waals surface area (Å²) in [6, 6.07) is 10.2. The first-order valence-corrected chi connectivity index (χ1v) is 6.71. The van der Waals surface area contributed by atoms with E-state index in [-0.39, 0.29) is 5.69 Å². The number of amides is 2. The van der Waals surface area contributed by atoms with Crippen LogP contribution in [0.25, 0.3) is 0 Å². The van der Waals surface area contributed by atoms with Gasteiger partial charge in [0.25, 0.3) is 0 Å². The molecule has 0 heterocycles. The number of anilines is 1. The number of halogens is 2. The van der Waals surface area contributed by atoms with Crippen LogP contribution >= 0.6 is 0 Å².